The highest BCUT2D eigenvalue weighted by Gasteiger charge is 2.22. The van der Waals surface area contributed by atoms with Crippen LogP contribution in [0.15, 0.2) is 6.07 Å². The van der Waals surface area contributed by atoms with Crippen molar-refractivity contribution in [2.45, 2.75) is 13.3 Å². The molecule has 0 saturated heterocycles. The molecule has 17 heavy (non-hydrogen) atoms. The van der Waals surface area contributed by atoms with E-state index in [0.29, 0.717) is 29.2 Å². The van der Waals surface area contributed by atoms with Crippen molar-refractivity contribution < 1.29 is 24.1 Å². The van der Waals surface area contributed by atoms with Crippen molar-refractivity contribution in [2.24, 2.45) is 0 Å². The molecule has 0 spiro atoms. The summed E-state index contributed by atoms with van der Waals surface area (Å²) >= 11 is 0. The zero-order valence-corrected chi connectivity index (χ0v) is 10.4. The Hall–Kier alpha value is -1.91. The minimum atomic E-state index is -1.01. The molecule has 0 saturated carbocycles. The first kappa shape index (κ1) is 13.2. The summed E-state index contributed by atoms with van der Waals surface area (Å²) < 4.78 is 15.5. The van der Waals surface area contributed by atoms with Gasteiger partial charge >= 0.3 is 5.97 Å². The summed E-state index contributed by atoms with van der Waals surface area (Å²) in [7, 11) is 4.41. The number of ether oxygens (including phenoxy) is 3. The van der Waals surface area contributed by atoms with Gasteiger partial charge in [-0.1, -0.05) is 6.92 Å². The Morgan fingerprint density at radius 3 is 2.12 bits per heavy atom. The van der Waals surface area contributed by atoms with Gasteiger partial charge in [-0.15, -0.1) is 0 Å². The maximum Gasteiger partial charge on any atom is 0.336 e. The van der Waals surface area contributed by atoms with Gasteiger partial charge in [0.2, 0.25) is 5.75 Å². The van der Waals surface area contributed by atoms with Crippen molar-refractivity contribution in [1.29, 1.82) is 0 Å². The van der Waals surface area contributed by atoms with Gasteiger partial charge < -0.3 is 19.3 Å². The minimum absolute atomic E-state index is 0.169. The monoisotopic (exact) mass is 240 g/mol. The number of rotatable bonds is 5. The number of carbonyl (C=O) groups is 1. The Kier molecular flexibility index (Phi) is 4.20. The molecule has 0 aliphatic heterocycles. The minimum Gasteiger partial charge on any atom is -0.493 e. The van der Waals surface area contributed by atoms with Crippen LogP contribution in [0.3, 0.4) is 0 Å². The van der Waals surface area contributed by atoms with Crippen molar-refractivity contribution >= 4 is 5.97 Å². The van der Waals surface area contributed by atoms with Crippen molar-refractivity contribution in [3.63, 3.8) is 0 Å². The lowest BCUT2D eigenvalue weighted by Crippen LogP contribution is -2.07. The Morgan fingerprint density at radius 2 is 1.76 bits per heavy atom. The average molecular weight is 240 g/mol. The molecule has 0 bridgehead atoms. The first-order valence-electron chi connectivity index (χ1n) is 5.15. The summed E-state index contributed by atoms with van der Waals surface area (Å²) in [5.41, 5.74) is 0.764. The highest BCUT2D eigenvalue weighted by atomic mass is 16.5. The number of carboxylic acid groups (broad SMARTS) is 1. The zero-order valence-electron chi connectivity index (χ0n) is 10.4. The van der Waals surface area contributed by atoms with Crippen LogP contribution >= 0.6 is 0 Å². The second-order valence-electron chi connectivity index (χ2n) is 3.33. The Balaban J connectivity index is 3.60. The van der Waals surface area contributed by atoms with Crippen LogP contribution in [-0.2, 0) is 6.42 Å². The lowest BCUT2D eigenvalue weighted by atomic mass is 10.0. The Bertz CT molecular complexity index is 425. The van der Waals surface area contributed by atoms with Crippen LogP contribution in [0, 0.1) is 0 Å². The molecule has 5 heteroatoms. The Labute approximate surface area is 99.9 Å². The van der Waals surface area contributed by atoms with E-state index >= 15 is 0 Å². The molecule has 1 aromatic rings. The summed E-state index contributed by atoms with van der Waals surface area (Å²) in [5, 5.41) is 9.15. The first-order chi connectivity index (χ1) is 8.10. The number of aromatic carboxylic acids is 1. The molecule has 0 fully saturated rings. The molecular weight excluding hydrogens is 224 g/mol. The zero-order chi connectivity index (χ0) is 13.0. The van der Waals surface area contributed by atoms with Crippen LogP contribution in [0.5, 0.6) is 17.2 Å². The molecule has 0 heterocycles. The lowest BCUT2D eigenvalue weighted by molar-refractivity contribution is 0.0694. The van der Waals surface area contributed by atoms with Gasteiger partial charge in [0.1, 0.15) is 0 Å². The van der Waals surface area contributed by atoms with E-state index < -0.39 is 5.97 Å². The van der Waals surface area contributed by atoms with Crippen molar-refractivity contribution in [3.05, 3.63) is 17.2 Å². The van der Waals surface area contributed by atoms with Crippen LogP contribution in [0.4, 0.5) is 0 Å². The third kappa shape index (κ3) is 2.27. The second kappa shape index (κ2) is 5.43. The maximum absolute atomic E-state index is 11.2. The van der Waals surface area contributed by atoms with Gasteiger partial charge in [0.05, 0.1) is 26.9 Å². The molecule has 1 N–H and O–H groups in total. The molecule has 0 amide bonds. The van der Waals surface area contributed by atoms with E-state index in [4.69, 9.17) is 19.3 Å². The predicted octanol–water partition coefficient (Wildman–Crippen LogP) is 1.97. The fraction of sp³-hybridized carbons (Fsp3) is 0.417. The van der Waals surface area contributed by atoms with Crippen LogP contribution in [-0.4, -0.2) is 32.4 Å². The molecule has 0 aliphatic rings. The Morgan fingerprint density at radius 1 is 1.18 bits per heavy atom. The van der Waals surface area contributed by atoms with E-state index in [9.17, 15) is 4.79 Å². The average Bonchev–Trinajstić information content (AvgIpc) is 2.35. The quantitative estimate of drug-likeness (QED) is 0.852. The van der Waals surface area contributed by atoms with Gasteiger partial charge in [-0.25, -0.2) is 4.79 Å². The number of hydrogen-bond acceptors (Lipinski definition) is 4. The van der Waals surface area contributed by atoms with Gasteiger partial charge in [-0.3, -0.25) is 0 Å². The van der Waals surface area contributed by atoms with E-state index in [0.717, 1.165) is 0 Å². The van der Waals surface area contributed by atoms with Crippen LogP contribution in [0.1, 0.15) is 22.8 Å². The summed E-state index contributed by atoms with van der Waals surface area (Å²) in [4.78, 5) is 11.2. The lowest BCUT2D eigenvalue weighted by Gasteiger charge is -2.17. The molecule has 1 rings (SSSR count). The predicted molar refractivity (Wildman–Crippen MR) is 62.4 cm³/mol. The molecular formula is C12H16O5. The van der Waals surface area contributed by atoms with Crippen LogP contribution in [0.25, 0.3) is 0 Å². The summed E-state index contributed by atoms with van der Waals surface area (Å²) in [6.45, 7) is 1.86. The fourth-order valence-electron chi connectivity index (χ4n) is 1.76. The SMILES string of the molecule is CCc1c(C(=O)O)cc(OC)c(OC)c1OC. The van der Waals surface area contributed by atoms with E-state index in [1.807, 2.05) is 6.92 Å². The van der Waals surface area contributed by atoms with Gasteiger partial charge in [-0.05, 0) is 12.5 Å². The van der Waals surface area contributed by atoms with E-state index in [1.165, 1.54) is 27.4 Å². The molecule has 0 atom stereocenters. The van der Waals surface area contributed by atoms with E-state index in [2.05, 4.69) is 0 Å². The molecule has 0 aromatic heterocycles. The molecule has 0 radical (unpaired) electrons. The van der Waals surface area contributed by atoms with Crippen molar-refractivity contribution in [1.82, 2.24) is 0 Å². The largest absolute Gasteiger partial charge is 0.493 e. The molecule has 1 aromatic carbocycles. The van der Waals surface area contributed by atoms with Gasteiger partial charge in [0.15, 0.2) is 11.5 Å². The number of carboxylic acids is 1. The first-order valence-corrected chi connectivity index (χ1v) is 5.15. The number of hydrogen-bond donors (Lipinski definition) is 1. The van der Waals surface area contributed by atoms with Crippen LogP contribution < -0.4 is 14.2 Å². The summed E-state index contributed by atoms with van der Waals surface area (Å²) in [6.07, 6.45) is 0.533. The number of methoxy groups -OCH3 is 3. The van der Waals surface area contributed by atoms with Crippen molar-refractivity contribution in [2.75, 3.05) is 21.3 Å². The van der Waals surface area contributed by atoms with E-state index in [1.54, 1.807) is 0 Å². The fourth-order valence-corrected chi connectivity index (χ4v) is 1.76. The highest BCUT2D eigenvalue weighted by Crippen LogP contribution is 2.42. The molecule has 0 aliphatic carbocycles. The third-order valence-corrected chi connectivity index (χ3v) is 2.52. The van der Waals surface area contributed by atoms with Crippen molar-refractivity contribution in [3.8, 4) is 17.2 Å². The molecule has 5 nitrogen and oxygen atoms in total. The van der Waals surface area contributed by atoms with Gasteiger partial charge in [-0.2, -0.15) is 0 Å². The second-order valence-corrected chi connectivity index (χ2v) is 3.33. The van der Waals surface area contributed by atoms with Gasteiger partial charge in [0.25, 0.3) is 0 Å². The summed E-state index contributed by atoms with van der Waals surface area (Å²) in [6, 6.07) is 1.45. The maximum atomic E-state index is 11.2. The topological polar surface area (TPSA) is 65.0 Å². The van der Waals surface area contributed by atoms with Crippen LogP contribution in [0.2, 0.25) is 0 Å². The van der Waals surface area contributed by atoms with Gasteiger partial charge in [0, 0.05) is 5.56 Å². The highest BCUT2D eigenvalue weighted by molar-refractivity contribution is 5.92. The molecule has 94 valence electrons. The van der Waals surface area contributed by atoms with E-state index in [-0.39, 0.29) is 5.56 Å². The molecule has 0 unspecified atom stereocenters. The normalized spacial score (nSPS) is 9.88. The third-order valence-electron chi connectivity index (χ3n) is 2.52. The standard InChI is InChI=1S/C12H16O5/c1-5-7-8(12(13)14)6-9(15-2)11(17-4)10(7)16-3/h6H,5H2,1-4H3,(H,13,14). The number of benzene rings is 1. The summed E-state index contributed by atoms with van der Waals surface area (Å²) in [5.74, 6) is 0.156. The smallest absolute Gasteiger partial charge is 0.336 e.